The third-order valence-corrected chi connectivity index (χ3v) is 6.45. The summed E-state index contributed by atoms with van der Waals surface area (Å²) in [6.07, 6.45) is 0.593. The van der Waals surface area contributed by atoms with Crippen LogP contribution in [-0.4, -0.2) is 75.6 Å². The van der Waals surface area contributed by atoms with Crippen molar-refractivity contribution >= 4 is 27.3 Å². The van der Waals surface area contributed by atoms with Crippen LogP contribution in [0.15, 0.2) is 24.3 Å². The van der Waals surface area contributed by atoms with Crippen molar-refractivity contribution in [1.82, 2.24) is 9.21 Å². The standard InChI is InChI=1S/C16H24N4O3S/c1-18-8-10-19(11-9-18)15-5-3-14(4-6-15)17-16(21)13-20-7-2-12-24(20,22)23/h3-6H,2,7-13H2,1H3,(H,17,21). The topological polar surface area (TPSA) is 73.0 Å². The van der Waals surface area contributed by atoms with E-state index >= 15 is 0 Å². The summed E-state index contributed by atoms with van der Waals surface area (Å²) in [6.45, 7) is 4.40. The van der Waals surface area contributed by atoms with E-state index in [-0.39, 0.29) is 18.2 Å². The number of rotatable bonds is 4. The molecule has 0 aliphatic carbocycles. The number of likely N-dealkylation sites (N-methyl/N-ethyl adjacent to an activating group) is 1. The van der Waals surface area contributed by atoms with Gasteiger partial charge >= 0.3 is 0 Å². The largest absolute Gasteiger partial charge is 0.369 e. The molecule has 3 rings (SSSR count). The maximum absolute atomic E-state index is 12.0. The fourth-order valence-electron chi connectivity index (χ4n) is 3.05. The third kappa shape index (κ3) is 4.06. The lowest BCUT2D eigenvalue weighted by molar-refractivity contribution is -0.116. The van der Waals surface area contributed by atoms with Crippen molar-refractivity contribution in [2.45, 2.75) is 6.42 Å². The highest BCUT2D eigenvalue weighted by molar-refractivity contribution is 7.89. The van der Waals surface area contributed by atoms with Gasteiger partial charge < -0.3 is 15.1 Å². The predicted octanol–water partition coefficient (Wildman–Crippen LogP) is 0.412. The van der Waals surface area contributed by atoms with E-state index in [2.05, 4.69) is 22.2 Å². The molecule has 1 N–H and O–H groups in total. The summed E-state index contributed by atoms with van der Waals surface area (Å²) < 4.78 is 24.7. The number of carbonyl (C=O) groups excluding carboxylic acids is 1. The van der Waals surface area contributed by atoms with Crippen LogP contribution in [0.3, 0.4) is 0 Å². The van der Waals surface area contributed by atoms with Gasteiger partial charge in [-0.15, -0.1) is 0 Å². The lowest BCUT2D eigenvalue weighted by atomic mass is 10.2. The Morgan fingerprint density at radius 3 is 2.33 bits per heavy atom. The van der Waals surface area contributed by atoms with Crippen LogP contribution in [0.4, 0.5) is 11.4 Å². The van der Waals surface area contributed by atoms with Gasteiger partial charge in [0.25, 0.3) is 0 Å². The zero-order valence-electron chi connectivity index (χ0n) is 13.9. The van der Waals surface area contributed by atoms with E-state index in [1.165, 1.54) is 4.31 Å². The van der Waals surface area contributed by atoms with Gasteiger partial charge in [-0.2, -0.15) is 4.31 Å². The lowest BCUT2D eigenvalue weighted by Crippen LogP contribution is -2.44. The van der Waals surface area contributed by atoms with Crippen molar-refractivity contribution in [1.29, 1.82) is 0 Å². The molecule has 7 nitrogen and oxygen atoms in total. The first kappa shape index (κ1) is 17.2. The lowest BCUT2D eigenvalue weighted by Gasteiger charge is -2.34. The molecule has 0 atom stereocenters. The zero-order chi connectivity index (χ0) is 17.2. The normalized spacial score (nSPS) is 21.8. The molecule has 0 bridgehead atoms. The number of carbonyl (C=O) groups is 1. The first-order chi connectivity index (χ1) is 11.4. The molecule has 0 spiro atoms. The molecule has 0 unspecified atom stereocenters. The second kappa shape index (κ2) is 7.08. The Labute approximate surface area is 143 Å². The average molecular weight is 352 g/mol. The minimum atomic E-state index is -3.24. The van der Waals surface area contributed by atoms with Gasteiger partial charge in [-0.25, -0.2) is 8.42 Å². The van der Waals surface area contributed by atoms with Crippen LogP contribution >= 0.6 is 0 Å². The molecule has 2 heterocycles. The zero-order valence-corrected chi connectivity index (χ0v) is 14.8. The Kier molecular flexibility index (Phi) is 5.07. The fraction of sp³-hybridized carbons (Fsp3) is 0.562. The molecule has 1 amide bonds. The number of nitrogens with zero attached hydrogens (tertiary/aromatic N) is 3. The molecule has 2 saturated heterocycles. The maximum atomic E-state index is 12.0. The van der Waals surface area contributed by atoms with Gasteiger partial charge in [0.2, 0.25) is 15.9 Å². The maximum Gasteiger partial charge on any atom is 0.239 e. The summed E-state index contributed by atoms with van der Waals surface area (Å²) in [5.74, 6) is -0.159. The first-order valence-corrected chi connectivity index (χ1v) is 9.86. The summed E-state index contributed by atoms with van der Waals surface area (Å²) in [5.41, 5.74) is 1.83. The van der Waals surface area contributed by atoms with Crippen LogP contribution in [0.2, 0.25) is 0 Å². The Morgan fingerprint density at radius 2 is 1.75 bits per heavy atom. The van der Waals surface area contributed by atoms with E-state index in [1.54, 1.807) is 0 Å². The summed E-state index contributed by atoms with van der Waals surface area (Å²) in [4.78, 5) is 16.7. The van der Waals surface area contributed by atoms with E-state index in [9.17, 15) is 13.2 Å². The van der Waals surface area contributed by atoms with Crippen LogP contribution in [0.1, 0.15) is 6.42 Å². The van der Waals surface area contributed by atoms with E-state index in [1.807, 2.05) is 24.3 Å². The van der Waals surface area contributed by atoms with Crippen molar-refractivity contribution in [3.05, 3.63) is 24.3 Å². The monoisotopic (exact) mass is 352 g/mol. The molecule has 1 aromatic rings. The number of benzene rings is 1. The molecular weight excluding hydrogens is 328 g/mol. The minimum absolute atomic E-state index is 0.109. The van der Waals surface area contributed by atoms with Gasteiger partial charge in [0.15, 0.2) is 0 Å². The van der Waals surface area contributed by atoms with Gasteiger partial charge in [-0.3, -0.25) is 4.79 Å². The molecule has 2 fully saturated rings. The van der Waals surface area contributed by atoms with E-state index in [4.69, 9.17) is 0 Å². The van der Waals surface area contributed by atoms with E-state index < -0.39 is 10.0 Å². The summed E-state index contributed by atoms with van der Waals surface area (Å²) in [7, 11) is -1.12. The quantitative estimate of drug-likeness (QED) is 0.850. The molecule has 0 radical (unpaired) electrons. The molecule has 8 heteroatoms. The Morgan fingerprint density at radius 1 is 1.08 bits per heavy atom. The fourth-order valence-corrected chi connectivity index (χ4v) is 4.52. The van der Waals surface area contributed by atoms with E-state index in [0.717, 1.165) is 31.9 Å². The number of nitrogens with one attached hydrogen (secondary N) is 1. The number of hydrogen-bond acceptors (Lipinski definition) is 5. The Bertz CT molecular complexity index is 682. The minimum Gasteiger partial charge on any atom is -0.369 e. The number of sulfonamides is 1. The molecule has 0 saturated carbocycles. The van der Waals surface area contributed by atoms with Crippen molar-refractivity contribution in [2.24, 2.45) is 0 Å². The van der Waals surface area contributed by atoms with Gasteiger partial charge in [0.05, 0.1) is 12.3 Å². The smallest absolute Gasteiger partial charge is 0.239 e. The van der Waals surface area contributed by atoms with Gasteiger partial charge in [0, 0.05) is 44.1 Å². The molecule has 132 valence electrons. The van der Waals surface area contributed by atoms with Gasteiger partial charge in [0.1, 0.15) is 0 Å². The number of piperazine rings is 1. The first-order valence-electron chi connectivity index (χ1n) is 8.25. The third-order valence-electron chi connectivity index (χ3n) is 4.54. The van der Waals surface area contributed by atoms with Crippen molar-refractivity contribution in [3.63, 3.8) is 0 Å². The SMILES string of the molecule is CN1CCN(c2ccc(NC(=O)CN3CCCS3(=O)=O)cc2)CC1. The molecule has 1 aromatic carbocycles. The molecule has 24 heavy (non-hydrogen) atoms. The molecular formula is C16H24N4O3S. The molecule has 2 aliphatic rings. The van der Waals surface area contributed by atoms with Gasteiger partial charge in [-0.1, -0.05) is 0 Å². The van der Waals surface area contributed by atoms with Crippen LogP contribution in [0.5, 0.6) is 0 Å². The van der Waals surface area contributed by atoms with Crippen LogP contribution in [0.25, 0.3) is 0 Å². The van der Waals surface area contributed by atoms with Crippen molar-refractivity contribution in [3.8, 4) is 0 Å². The second-order valence-corrected chi connectivity index (χ2v) is 8.48. The van der Waals surface area contributed by atoms with Crippen molar-refractivity contribution < 1.29 is 13.2 Å². The van der Waals surface area contributed by atoms with Crippen molar-refractivity contribution in [2.75, 3.05) is 62.3 Å². The highest BCUT2D eigenvalue weighted by Gasteiger charge is 2.29. The highest BCUT2D eigenvalue weighted by atomic mass is 32.2. The Balaban J connectivity index is 1.55. The van der Waals surface area contributed by atoms with Gasteiger partial charge in [-0.05, 0) is 37.7 Å². The van der Waals surface area contributed by atoms with Crippen LogP contribution in [-0.2, 0) is 14.8 Å². The molecule has 2 aliphatic heterocycles. The summed E-state index contributed by atoms with van der Waals surface area (Å²) >= 11 is 0. The Hall–Kier alpha value is -1.64. The predicted molar refractivity (Wildman–Crippen MR) is 94.8 cm³/mol. The summed E-state index contributed by atoms with van der Waals surface area (Å²) in [5, 5.41) is 2.77. The second-order valence-electron chi connectivity index (χ2n) is 6.39. The molecule has 0 aromatic heterocycles. The van der Waals surface area contributed by atoms with E-state index in [0.29, 0.717) is 18.7 Å². The number of anilines is 2. The van der Waals surface area contributed by atoms with Crippen LogP contribution < -0.4 is 10.2 Å². The summed E-state index contributed by atoms with van der Waals surface area (Å²) in [6, 6.07) is 7.72. The van der Waals surface area contributed by atoms with Crippen LogP contribution in [0, 0.1) is 0 Å². The highest BCUT2D eigenvalue weighted by Crippen LogP contribution is 2.19. The number of amides is 1. The number of hydrogen-bond donors (Lipinski definition) is 1. The average Bonchev–Trinajstić information content (AvgIpc) is 2.87.